The molecule has 1 saturated carbocycles. The summed E-state index contributed by atoms with van der Waals surface area (Å²) in [7, 11) is 7.03. The van der Waals surface area contributed by atoms with Crippen molar-refractivity contribution in [2.45, 2.75) is 165 Å². The third kappa shape index (κ3) is 20.4. The maximum Gasteiger partial charge on any atom is 0.225 e. The van der Waals surface area contributed by atoms with Gasteiger partial charge in [0.05, 0.1) is 37.1 Å². The number of nitrogens with one attached hydrogen (secondary N) is 3. The van der Waals surface area contributed by atoms with E-state index in [1.54, 1.807) is 21.3 Å². The zero-order valence-corrected chi connectivity index (χ0v) is 34.6. The molecule has 1 saturated heterocycles. The molecule has 0 radical (unpaired) electrons. The Balaban J connectivity index is -0.000000912. The number of fused-ring (bicyclic) bond motifs is 1. The number of rotatable bonds is 18. The largest absolute Gasteiger partial charge is 0.381 e. The minimum absolute atomic E-state index is 0.0336. The van der Waals surface area contributed by atoms with Crippen LogP contribution in [0.2, 0.25) is 0 Å². The lowest BCUT2D eigenvalue weighted by Crippen LogP contribution is -2.51. The average Bonchev–Trinajstić information content (AvgIpc) is 3.76. The van der Waals surface area contributed by atoms with E-state index in [9.17, 15) is 19.2 Å². The minimum atomic E-state index is -0.298. The fourth-order valence-corrected chi connectivity index (χ4v) is 6.01. The van der Waals surface area contributed by atoms with Crippen molar-refractivity contribution in [3.05, 3.63) is 0 Å². The van der Waals surface area contributed by atoms with Crippen LogP contribution in [-0.4, -0.2) is 94.1 Å². The molecule has 10 heteroatoms. The first-order valence-electron chi connectivity index (χ1n) is 19.1. The molecule has 3 N–H and O–H groups in total. The van der Waals surface area contributed by atoms with Crippen molar-refractivity contribution >= 4 is 24.0 Å². The van der Waals surface area contributed by atoms with E-state index in [0.29, 0.717) is 42.7 Å². The van der Waals surface area contributed by atoms with Crippen LogP contribution >= 0.6 is 0 Å². The van der Waals surface area contributed by atoms with Crippen LogP contribution in [0.4, 0.5) is 0 Å². The van der Waals surface area contributed by atoms with E-state index in [1.807, 2.05) is 27.8 Å². The second-order valence-electron chi connectivity index (χ2n) is 13.7. The quantitative estimate of drug-likeness (QED) is 0.137. The maximum absolute atomic E-state index is 13.5. The molecular weight excluding hydrogens is 620 g/mol. The molecule has 8 unspecified atom stereocenters. The van der Waals surface area contributed by atoms with Gasteiger partial charge in [0.25, 0.3) is 0 Å². The van der Waals surface area contributed by atoms with Gasteiger partial charge in [-0.3, -0.25) is 19.2 Å². The Morgan fingerprint density at radius 1 is 0.939 bits per heavy atom. The lowest BCUT2D eigenvalue weighted by atomic mass is 9.81. The van der Waals surface area contributed by atoms with Crippen LogP contribution in [0.1, 0.15) is 134 Å². The lowest BCUT2D eigenvalue weighted by molar-refractivity contribution is -0.144. The number of carbonyl (C=O) groups is 4. The summed E-state index contributed by atoms with van der Waals surface area (Å²) in [5.41, 5.74) is 0. The molecular formula is C39H80N4O6. The highest BCUT2D eigenvalue weighted by Gasteiger charge is 2.57. The predicted octanol–water partition coefficient (Wildman–Crippen LogP) is 6.64. The SMILES string of the molecule is CC.CC(=O)CNC=O.CCC.CCCCC(C(C)CC)C(CC(=O)N1C2CC2CC1[C@H](OC)C(C)C(=O)NC)OC.CNC(C)C(C)C. The van der Waals surface area contributed by atoms with Gasteiger partial charge >= 0.3 is 0 Å². The van der Waals surface area contributed by atoms with E-state index >= 15 is 0 Å². The van der Waals surface area contributed by atoms with Crippen molar-refractivity contribution < 1.29 is 28.7 Å². The third-order valence-corrected chi connectivity index (χ3v) is 9.55. The monoisotopic (exact) mass is 701 g/mol. The van der Waals surface area contributed by atoms with Gasteiger partial charge in [0.2, 0.25) is 18.2 Å². The van der Waals surface area contributed by atoms with Gasteiger partial charge in [0.15, 0.2) is 0 Å². The van der Waals surface area contributed by atoms with Crippen LogP contribution in [0.3, 0.4) is 0 Å². The Morgan fingerprint density at radius 3 is 1.86 bits per heavy atom. The third-order valence-electron chi connectivity index (χ3n) is 9.55. The molecule has 0 bridgehead atoms. The number of Topliss-reactive ketones (excluding diaryl/α,β-unsaturated/α-hetero) is 1. The van der Waals surface area contributed by atoms with Gasteiger partial charge in [-0.25, -0.2) is 0 Å². The normalized spacial score (nSPS) is 20.7. The van der Waals surface area contributed by atoms with Gasteiger partial charge in [-0.2, -0.15) is 0 Å². The molecule has 49 heavy (non-hydrogen) atoms. The molecule has 2 aliphatic rings. The molecule has 2 rings (SSSR count). The van der Waals surface area contributed by atoms with Gasteiger partial charge < -0.3 is 30.3 Å². The molecule has 0 aromatic heterocycles. The standard InChI is InChI=1S/C24H44N2O4.C6H15N.C4H7NO2.C3H8.C2H6/c1-8-10-11-18(15(3)9-2)21(29-6)14-22(27)26-19-12-17(19)13-20(26)23(30-7)16(4)24(28)25-5;1-5(2)6(3)7-4;1-4(7)2-5-3-6;1-3-2;1-2/h15-21,23H,8-14H2,1-7H3,(H,25,28);5-7H,1-4H3;3H,2H2,1H3,(H,5,6);3H2,1-2H3;1-2H3/t15?,16?,17?,18?,19?,20?,21?,23-;;;;/m1..../s1. The number of methoxy groups -OCH3 is 2. The van der Waals surface area contributed by atoms with Crippen molar-refractivity contribution in [2.24, 2.45) is 29.6 Å². The molecule has 0 aromatic carbocycles. The summed E-state index contributed by atoms with van der Waals surface area (Å²) in [4.78, 5) is 47.2. The second-order valence-corrected chi connectivity index (χ2v) is 13.7. The maximum atomic E-state index is 13.5. The number of hydrogen-bond donors (Lipinski definition) is 3. The number of hydrogen-bond acceptors (Lipinski definition) is 7. The average molecular weight is 701 g/mol. The highest BCUT2D eigenvalue weighted by atomic mass is 16.5. The molecule has 1 heterocycles. The number of carbonyl (C=O) groups excluding carboxylic acids is 4. The highest BCUT2D eigenvalue weighted by molar-refractivity contribution is 5.80. The number of ketones is 1. The fraction of sp³-hybridized carbons (Fsp3) is 0.897. The summed E-state index contributed by atoms with van der Waals surface area (Å²) in [6.45, 7) is 25.0. The topological polar surface area (TPSA) is 126 Å². The number of nitrogens with zero attached hydrogens (tertiary/aromatic N) is 1. The van der Waals surface area contributed by atoms with E-state index in [2.05, 4.69) is 76.2 Å². The first-order chi connectivity index (χ1) is 23.2. The predicted molar refractivity (Wildman–Crippen MR) is 204 cm³/mol. The Hall–Kier alpha value is -2.04. The Kier molecular flexibility index (Phi) is 32.2. The number of piperidine rings is 1. The van der Waals surface area contributed by atoms with Crippen molar-refractivity contribution in [1.82, 2.24) is 20.9 Å². The smallest absolute Gasteiger partial charge is 0.225 e. The Morgan fingerprint density at radius 2 is 1.51 bits per heavy atom. The van der Waals surface area contributed by atoms with Gasteiger partial charge in [0.1, 0.15) is 5.78 Å². The van der Waals surface area contributed by atoms with Crippen molar-refractivity contribution in [1.29, 1.82) is 0 Å². The second kappa shape index (κ2) is 30.8. The number of unbranched alkanes of at least 4 members (excludes halogenated alkanes) is 1. The van der Waals surface area contributed by atoms with Crippen LogP contribution in [0.25, 0.3) is 0 Å². The highest BCUT2D eigenvalue weighted by Crippen LogP contribution is 2.50. The molecule has 9 atom stereocenters. The molecule has 1 aliphatic carbocycles. The molecule has 3 amide bonds. The zero-order valence-electron chi connectivity index (χ0n) is 34.6. The number of amides is 3. The fourth-order valence-electron chi connectivity index (χ4n) is 6.01. The van der Waals surface area contributed by atoms with E-state index in [-0.39, 0.29) is 48.3 Å². The summed E-state index contributed by atoms with van der Waals surface area (Å²) in [5.74, 6) is 2.01. The Labute approximate surface area is 302 Å². The summed E-state index contributed by atoms with van der Waals surface area (Å²) >= 11 is 0. The van der Waals surface area contributed by atoms with Crippen molar-refractivity contribution in [3.8, 4) is 0 Å². The van der Waals surface area contributed by atoms with E-state index in [4.69, 9.17) is 9.47 Å². The van der Waals surface area contributed by atoms with E-state index in [1.165, 1.54) is 13.3 Å². The van der Waals surface area contributed by atoms with Crippen LogP contribution in [0.15, 0.2) is 0 Å². The molecule has 292 valence electrons. The van der Waals surface area contributed by atoms with Gasteiger partial charge in [-0.05, 0) is 63.8 Å². The van der Waals surface area contributed by atoms with Crippen LogP contribution < -0.4 is 16.0 Å². The molecule has 0 aromatic rings. The first kappa shape index (κ1) is 51.3. The number of likely N-dealkylation sites (tertiary alicyclic amines) is 1. The zero-order chi connectivity index (χ0) is 38.7. The van der Waals surface area contributed by atoms with Crippen LogP contribution in [0.5, 0.6) is 0 Å². The summed E-state index contributed by atoms with van der Waals surface area (Å²) < 4.78 is 11.7. The van der Waals surface area contributed by atoms with Crippen molar-refractivity contribution in [2.75, 3.05) is 34.9 Å². The number of ether oxygens (including phenoxy) is 2. The first-order valence-corrected chi connectivity index (χ1v) is 19.1. The van der Waals surface area contributed by atoms with Crippen molar-refractivity contribution in [3.63, 3.8) is 0 Å². The van der Waals surface area contributed by atoms with Crippen LogP contribution in [0, 0.1) is 29.6 Å². The van der Waals surface area contributed by atoms with Gasteiger partial charge in [0, 0.05) is 33.4 Å². The van der Waals surface area contributed by atoms with E-state index in [0.717, 1.165) is 44.4 Å². The molecule has 10 nitrogen and oxygen atoms in total. The van der Waals surface area contributed by atoms with Gasteiger partial charge in [-0.1, -0.05) is 94.9 Å². The van der Waals surface area contributed by atoms with Gasteiger partial charge in [-0.15, -0.1) is 0 Å². The lowest BCUT2D eigenvalue weighted by Gasteiger charge is -2.37. The molecule has 1 aliphatic heterocycles. The Bertz CT molecular complexity index is 857. The molecule has 0 spiro atoms. The summed E-state index contributed by atoms with van der Waals surface area (Å²) in [5, 5.41) is 8.10. The van der Waals surface area contributed by atoms with E-state index < -0.39 is 0 Å². The summed E-state index contributed by atoms with van der Waals surface area (Å²) in [6, 6.07) is 0.931. The molecule has 2 fully saturated rings. The van der Waals surface area contributed by atoms with Crippen LogP contribution in [-0.2, 0) is 28.7 Å². The summed E-state index contributed by atoms with van der Waals surface area (Å²) in [6.07, 6.45) is 8.34. The minimum Gasteiger partial charge on any atom is -0.381 e.